The van der Waals surface area contributed by atoms with E-state index in [1.165, 1.54) is 35.0 Å². The van der Waals surface area contributed by atoms with E-state index < -0.39 is 4.92 Å². The van der Waals surface area contributed by atoms with Crippen molar-refractivity contribution in [2.45, 2.75) is 5.16 Å². The van der Waals surface area contributed by atoms with Crippen LogP contribution in [0.25, 0.3) is 6.08 Å². The fourth-order valence-electron chi connectivity index (χ4n) is 1.48. The van der Waals surface area contributed by atoms with Gasteiger partial charge < -0.3 is 0 Å². The van der Waals surface area contributed by atoms with Crippen molar-refractivity contribution in [3.05, 3.63) is 52.3 Å². The molecule has 0 saturated carbocycles. The molecule has 0 saturated heterocycles. The third-order valence-electron chi connectivity index (χ3n) is 2.37. The SMILES string of the molecule is CSc1nncn1N=CC=Cc1ccccc1[N+](=O)[O-]. The zero-order valence-electron chi connectivity index (χ0n) is 10.6. The molecule has 0 aliphatic rings. The molecule has 102 valence electrons. The number of allylic oxidation sites excluding steroid dienone is 1. The number of nitro groups is 1. The Morgan fingerprint density at radius 1 is 1.45 bits per heavy atom. The molecule has 0 spiro atoms. The van der Waals surface area contributed by atoms with E-state index >= 15 is 0 Å². The summed E-state index contributed by atoms with van der Waals surface area (Å²) in [6.45, 7) is 0. The molecular formula is C12H11N5O2S. The molecule has 0 aliphatic heterocycles. The highest BCUT2D eigenvalue weighted by Gasteiger charge is 2.08. The highest BCUT2D eigenvalue weighted by Crippen LogP contribution is 2.18. The summed E-state index contributed by atoms with van der Waals surface area (Å²) in [6.07, 6.45) is 8.15. The second-order valence-corrected chi connectivity index (χ2v) is 4.38. The summed E-state index contributed by atoms with van der Waals surface area (Å²) in [5, 5.41) is 23.2. The van der Waals surface area contributed by atoms with Gasteiger partial charge in [-0.3, -0.25) is 10.1 Å². The van der Waals surface area contributed by atoms with Gasteiger partial charge in [0.05, 0.1) is 10.5 Å². The number of hydrogen-bond acceptors (Lipinski definition) is 6. The largest absolute Gasteiger partial charge is 0.276 e. The van der Waals surface area contributed by atoms with Crippen molar-refractivity contribution in [3.63, 3.8) is 0 Å². The molecule has 8 heteroatoms. The van der Waals surface area contributed by atoms with Crippen molar-refractivity contribution in [2.75, 3.05) is 6.26 Å². The Bertz CT molecular complexity index is 665. The molecule has 0 radical (unpaired) electrons. The number of rotatable bonds is 5. The number of thioether (sulfide) groups is 1. The van der Waals surface area contributed by atoms with E-state index in [2.05, 4.69) is 15.3 Å². The lowest BCUT2D eigenvalue weighted by Crippen LogP contribution is -1.91. The highest BCUT2D eigenvalue weighted by molar-refractivity contribution is 7.98. The predicted octanol–water partition coefficient (Wildman–Crippen LogP) is 2.46. The van der Waals surface area contributed by atoms with Crippen molar-refractivity contribution in [1.82, 2.24) is 14.9 Å². The van der Waals surface area contributed by atoms with Gasteiger partial charge in [-0.1, -0.05) is 23.9 Å². The van der Waals surface area contributed by atoms with Crippen LogP contribution in [0.5, 0.6) is 0 Å². The average Bonchev–Trinajstić information content (AvgIpc) is 2.91. The van der Waals surface area contributed by atoms with Crippen molar-refractivity contribution >= 4 is 29.7 Å². The van der Waals surface area contributed by atoms with E-state index in [9.17, 15) is 10.1 Å². The molecule has 20 heavy (non-hydrogen) atoms. The molecule has 0 N–H and O–H groups in total. The zero-order valence-corrected chi connectivity index (χ0v) is 11.4. The first-order valence-electron chi connectivity index (χ1n) is 5.61. The standard InChI is InChI=1S/C12H11N5O2S/c1-20-12-15-13-9-16(12)14-8-4-6-10-5-2-3-7-11(10)17(18)19/h2-9H,1H3. The summed E-state index contributed by atoms with van der Waals surface area (Å²) in [7, 11) is 0. The molecule has 2 aromatic rings. The van der Waals surface area contributed by atoms with Crippen LogP contribution >= 0.6 is 11.8 Å². The Morgan fingerprint density at radius 2 is 2.25 bits per heavy atom. The number of benzene rings is 1. The van der Waals surface area contributed by atoms with E-state index in [-0.39, 0.29) is 5.69 Å². The number of hydrogen-bond donors (Lipinski definition) is 0. The van der Waals surface area contributed by atoms with Gasteiger partial charge in [-0.05, 0) is 24.5 Å². The van der Waals surface area contributed by atoms with E-state index in [1.54, 1.807) is 30.4 Å². The fraction of sp³-hybridized carbons (Fsp3) is 0.0833. The van der Waals surface area contributed by atoms with E-state index in [0.29, 0.717) is 10.7 Å². The number of para-hydroxylation sites is 1. The highest BCUT2D eigenvalue weighted by atomic mass is 32.2. The molecule has 1 aromatic heterocycles. The molecule has 0 unspecified atom stereocenters. The van der Waals surface area contributed by atoms with Gasteiger partial charge in [-0.25, -0.2) is 0 Å². The average molecular weight is 289 g/mol. The summed E-state index contributed by atoms with van der Waals surface area (Å²) in [4.78, 5) is 10.4. The minimum Gasteiger partial charge on any atom is -0.258 e. The summed E-state index contributed by atoms with van der Waals surface area (Å²) >= 11 is 1.43. The minimum atomic E-state index is -0.414. The number of nitrogens with zero attached hydrogens (tertiary/aromatic N) is 5. The van der Waals surface area contributed by atoms with Gasteiger partial charge in [0.1, 0.15) is 6.33 Å². The number of aromatic nitrogens is 3. The molecule has 2 rings (SSSR count). The monoisotopic (exact) mass is 289 g/mol. The molecule has 1 heterocycles. The third kappa shape index (κ3) is 3.29. The molecule has 1 aromatic carbocycles. The lowest BCUT2D eigenvalue weighted by molar-refractivity contribution is -0.385. The first-order valence-corrected chi connectivity index (χ1v) is 6.83. The van der Waals surface area contributed by atoms with Crippen molar-refractivity contribution < 1.29 is 4.92 Å². The Labute approximate surface area is 119 Å². The summed E-state index contributed by atoms with van der Waals surface area (Å²) in [5.74, 6) is 0. The van der Waals surface area contributed by atoms with Crippen LogP contribution in [0.3, 0.4) is 0 Å². The lowest BCUT2D eigenvalue weighted by atomic mass is 10.2. The van der Waals surface area contributed by atoms with Gasteiger partial charge in [0.25, 0.3) is 5.69 Å². The van der Waals surface area contributed by atoms with Crippen LogP contribution < -0.4 is 0 Å². The molecule has 0 bridgehead atoms. The normalized spacial score (nSPS) is 11.4. The van der Waals surface area contributed by atoms with E-state index in [4.69, 9.17) is 0 Å². The van der Waals surface area contributed by atoms with Crippen LogP contribution in [0, 0.1) is 10.1 Å². The smallest absolute Gasteiger partial charge is 0.258 e. The Balaban J connectivity index is 2.13. The molecule has 0 fully saturated rings. The first kappa shape index (κ1) is 13.9. The van der Waals surface area contributed by atoms with Gasteiger partial charge >= 0.3 is 0 Å². The van der Waals surface area contributed by atoms with Crippen LogP contribution in [0.1, 0.15) is 5.56 Å². The summed E-state index contributed by atoms with van der Waals surface area (Å²) < 4.78 is 1.52. The van der Waals surface area contributed by atoms with Crippen LogP contribution in [0.15, 0.2) is 46.9 Å². The fourth-order valence-corrected chi connectivity index (χ4v) is 1.89. The van der Waals surface area contributed by atoms with Gasteiger partial charge in [0.2, 0.25) is 5.16 Å². The Morgan fingerprint density at radius 3 is 3.00 bits per heavy atom. The quantitative estimate of drug-likeness (QED) is 0.365. The number of nitro benzene ring substituents is 1. The van der Waals surface area contributed by atoms with Crippen LogP contribution in [0.4, 0.5) is 5.69 Å². The Hall–Kier alpha value is -2.48. The third-order valence-corrected chi connectivity index (χ3v) is 3.00. The molecular weight excluding hydrogens is 278 g/mol. The maximum Gasteiger partial charge on any atom is 0.276 e. The summed E-state index contributed by atoms with van der Waals surface area (Å²) in [5.41, 5.74) is 0.587. The van der Waals surface area contributed by atoms with Gasteiger partial charge in [0, 0.05) is 12.3 Å². The zero-order chi connectivity index (χ0) is 14.4. The first-order chi connectivity index (χ1) is 9.72. The molecule has 0 aliphatic carbocycles. The molecule has 0 atom stereocenters. The Kier molecular flexibility index (Phi) is 4.61. The molecule has 0 amide bonds. The maximum absolute atomic E-state index is 10.8. The van der Waals surface area contributed by atoms with Gasteiger partial charge in [-0.2, -0.15) is 9.78 Å². The van der Waals surface area contributed by atoms with Gasteiger partial charge in [0.15, 0.2) is 0 Å². The molecule has 7 nitrogen and oxygen atoms in total. The second kappa shape index (κ2) is 6.62. The predicted molar refractivity (Wildman–Crippen MR) is 77.8 cm³/mol. The topological polar surface area (TPSA) is 86.2 Å². The van der Waals surface area contributed by atoms with Crippen molar-refractivity contribution in [3.8, 4) is 0 Å². The lowest BCUT2D eigenvalue weighted by Gasteiger charge is -1.95. The minimum absolute atomic E-state index is 0.0613. The second-order valence-electron chi connectivity index (χ2n) is 3.60. The maximum atomic E-state index is 10.8. The van der Waals surface area contributed by atoms with E-state index in [1.807, 2.05) is 6.26 Å². The van der Waals surface area contributed by atoms with Crippen LogP contribution in [0.2, 0.25) is 0 Å². The van der Waals surface area contributed by atoms with Crippen molar-refractivity contribution in [1.29, 1.82) is 0 Å². The van der Waals surface area contributed by atoms with Crippen molar-refractivity contribution in [2.24, 2.45) is 5.10 Å². The van der Waals surface area contributed by atoms with Crippen LogP contribution in [-0.4, -0.2) is 32.3 Å². The van der Waals surface area contributed by atoms with Gasteiger partial charge in [-0.15, -0.1) is 10.2 Å². The summed E-state index contributed by atoms with van der Waals surface area (Å²) in [6, 6.07) is 6.51. The van der Waals surface area contributed by atoms with E-state index in [0.717, 1.165) is 0 Å². The van der Waals surface area contributed by atoms with Crippen LogP contribution in [-0.2, 0) is 0 Å².